The SMILES string of the molecule is CC(C)(C)[Si](OC/C(I)=C/COC1CCCCO1)(c1ccccc1)c1ccccc1. The van der Waals surface area contributed by atoms with Crippen molar-refractivity contribution in [3.63, 3.8) is 0 Å². The molecule has 1 atom stereocenters. The lowest BCUT2D eigenvalue weighted by atomic mass is 10.2. The van der Waals surface area contributed by atoms with Gasteiger partial charge < -0.3 is 13.9 Å². The summed E-state index contributed by atoms with van der Waals surface area (Å²) in [6, 6.07) is 21.5. The van der Waals surface area contributed by atoms with Crippen LogP contribution in [0, 0.1) is 0 Å². The van der Waals surface area contributed by atoms with Gasteiger partial charge in [0.2, 0.25) is 0 Å². The average Bonchev–Trinajstić information content (AvgIpc) is 2.75. The van der Waals surface area contributed by atoms with E-state index in [0.717, 1.165) is 23.0 Å². The Labute approximate surface area is 196 Å². The van der Waals surface area contributed by atoms with E-state index in [1.807, 2.05) is 0 Å². The van der Waals surface area contributed by atoms with Crippen LogP contribution in [0.4, 0.5) is 0 Å². The quantitative estimate of drug-likeness (QED) is 0.333. The average molecular weight is 537 g/mol. The van der Waals surface area contributed by atoms with Gasteiger partial charge in [0.15, 0.2) is 6.29 Å². The Morgan fingerprint density at radius 3 is 2.13 bits per heavy atom. The summed E-state index contributed by atoms with van der Waals surface area (Å²) in [6.45, 7) is 8.87. The summed E-state index contributed by atoms with van der Waals surface area (Å²) >= 11 is 2.38. The predicted octanol–water partition coefficient (Wildman–Crippen LogP) is 5.43. The zero-order valence-electron chi connectivity index (χ0n) is 18.3. The smallest absolute Gasteiger partial charge is 0.261 e. The van der Waals surface area contributed by atoms with Crippen LogP contribution in [0.15, 0.2) is 70.3 Å². The molecule has 1 aliphatic heterocycles. The summed E-state index contributed by atoms with van der Waals surface area (Å²) in [5, 5.41) is 2.60. The second-order valence-corrected chi connectivity index (χ2v) is 14.4. The molecule has 2 aromatic carbocycles. The van der Waals surface area contributed by atoms with E-state index in [9.17, 15) is 0 Å². The van der Waals surface area contributed by atoms with Crippen molar-refractivity contribution in [1.82, 2.24) is 0 Å². The van der Waals surface area contributed by atoms with Gasteiger partial charge >= 0.3 is 0 Å². The minimum absolute atomic E-state index is 0.0148. The van der Waals surface area contributed by atoms with Crippen LogP contribution in [-0.2, 0) is 13.9 Å². The van der Waals surface area contributed by atoms with Gasteiger partial charge in [0.05, 0.1) is 13.2 Å². The molecule has 3 nitrogen and oxygen atoms in total. The van der Waals surface area contributed by atoms with E-state index in [1.165, 1.54) is 16.8 Å². The molecular formula is C25H33IO3Si. The number of halogens is 1. The molecule has 3 rings (SSSR count). The van der Waals surface area contributed by atoms with Gasteiger partial charge in [-0.1, -0.05) is 81.4 Å². The fourth-order valence-electron chi connectivity index (χ4n) is 4.09. The Morgan fingerprint density at radius 1 is 1.03 bits per heavy atom. The Bertz CT molecular complexity index is 757. The van der Waals surface area contributed by atoms with Crippen molar-refractivity contribution >= 4 is 41.3 Å². The molecule has 30 heavy (non-hydrogen) atoms. The number of rotatable bonds is 8. The Kier molecular flexibility index (Phi) is 8.71. The summed E-state index contributed by atoms with van der Waals surface area (Å²) in [7, 11) is -2.49. The van der Waals surface area contributed by atoms with Crippen LogP contribution in [0.25, 0.3) is 0 Å². The standard InChI is InChI=1S/C25H33IO3Si/c1-25(2,3)30(22-12-6-4-7-13-22,23-14-8-5-9-15-23)29-20-21(26)17-19-28-24-16-10-11-18-27-24/h4-9,12-15,17,24H,10-11,16,18-20H2,1-3H3/b21-17-. The molecular weight excluding hydrogens is 503 g/mol. The Hall–Kier alpha value is -0.993. The highest BCUT2D eigenvalue weighted by Crippen LogP contribution is 2.37. The first kappa shape index (κ1) is 23.7. The van der Waals surface area contributed by atoms with E-state index < -0.39 is 8.32 Å². The highest BCUT2D eigenvalue weighted by molar-refractivity contribution is 14.1. The van der Waals surface area contributed by atoms with Crippen molar-refractivity contribution in [3.05, 3.63) is 70.3 Å². The highest BCUT2D eigenvalue weighted by Gasteiger charge is 2.50. The lowest BCUT2D eigenvalue weighted by Crippen LogP contribution is -2.66. The molecule has 1 unspecified atom stereocenters. The van der Waals surface area contributed by atoms with Crippen molar-refractivity contribution in [3.8, 4) is 0 Å². The van der Waals surface area contributed by atoms with Crippen molar-refractivity contribution in [2.24, 2.45) is 0 Å². The lowest BCUT2D eigenvalue weighted by Gasteiger charge is -2.43. The first-order valence-corrected chi connectivity index (χ1v) is 13.7. The van der Waals surface area contributed by atoms with Crippen molar-refractivity contribution < 1.29 is 13.9 Å². The molecule has 0 radical (unpaired) electrons. The summed E-state index contributed by atoms with van der Waals surface area (Å²) in [5.41, 5.74) is 0. The molecule has 162 valence electrons. The second kappa shape index (κ2) is 11.0. The molecule has 0 bridgehead atoms. The van der Waals surface area contributed by atoms with Gasteiger partial charge in [-0.15, -0.1) is 0 Å². The van der Waals surface area contributed by atoms with Crippen LogP contribution in [0.5, 0.6) is 0 Å². The van der Waals surface area contributed by atoms with E-state index in [4.69, 9.17) is 13.9 Å². The first-order chi connectivity index (χ1) is 14.4. The van der Waals surface area contributed by atoms with Gasteiger partial charge in [0, 0.05) is 10.2 Å². The van der Waals surface area contributed by atoms with Gasteiger partial charge in [-0.3, -0.25) is 0 Å². The first-order valence-electron chi connectivity index (χ1n) is 10.8. The third-order valence-electron chi connectivity index (χ3n) is 5.57. The fraction of sp³-hybridized carbons (Fsp3) is 0.440. The zero-order valence-corrected chi connectivity index (χ0v) is 21.4. The van der Waals surface area contributed by atoms with Crippen molar-refractivity contribution in [2.45, 2.75) is 51.4 Å². The topological polar surface area (TPSA) is 27.7 Å². The van der Waals surface area contributed by atoms with Gasteiger partial charge in [-0.2, -0.15) is 0 Å². The van der Waals surface area contributed by atoms with E-state index in [2.05, 4.69) is 110 Å². The molecule has 0 amide bonds. The van der Waals surface area contributed by atoms with E-state index in [1.54, 1.807) is 0 Å². The van der Waals surface area contributed by atoms with Crippen molar-refractivity contribution in [1.29, 1.82) is 0 Å². The maximum atomic E-state index is 6.95. The van der Waals surface area contributed by atoms with E-state index in [0.29, 0.717) is 13.2 Å². The van der Waals surface area contributed by atoms with Crippen molar-refractivity contribution in [2.75, 3.05) is 19.8 Å². The normalized spacial score (nSPS) is 18.4. The van der Waals surface area contributed by atoms with Crippen LogP contribution in [0.3, 0.4) is 0 Å². The van der Waals surface area contributed by atoms with Crippen LogP contribution >= 0.6 is 22.6 Å². The zero-order chi connectivity index (χ0) is 21.5. The molecule has 1 fully saturated rings. The van der Waals surface area contributed by atoms with Gasteiger partial charge in [0.25, 0.3) is 8.32 Å². The van der Waals surface area contributed by atoms with E-state index >= 15 is 0 Å². The molecule has 2 aromatic rings. The molecule has 0 aromatic heterocycles. The molecule has 1 heterocycles. The van der Waals surface area contributed by atoms with Crippen LogP contribution in [0.1, 0.15) is 40.0 Å². The molecule has 5 heteroatoms. The molecule has 1 aliphatic rings. The fourth-order valence-corrected chi connectivity index (χ4v) is 9.24. The van der Waals surface area contributed by atoms with Crippen LogP contribution in [-0.4, -0.2) is 34.4 Å². The third-order valence-corrected chi connectivity index (χ3v) is 11.3. The minimum atomic E-state index is -2.49. The monoisotopic (exact) mass is 536 g/mol. The van der Waals surface area contributed by atoms with E-state index in [-0.39, 0.29) is 11.3 Å². The number of hydrogen-bond donors (Lipinski definition) is 0. The molecule has 1 saturated heterocycles. The molecule has 0 aliphatic carbocycles. The Balaban J connectivity index is 1.80. The van der Waals surface area contributed by atoms with Crippen LogP contribution < -0.4 is 10.4 Å². The predicted molar refractivity (Wildman–Crippen MR) is 135 cm³/mol. The summed E-state index contributed by atoms with van der Waals surface area (Å²) in [5.74, 6) is 0. The molecule has 0 spiro atoms. The van der Waals surface area contributed by atoms with Gasteiger partial charge in [-0.25, -0.2) is 0 Å². The number of benzene rings is 2. The maximum absolute atomic E-state index is 6.95. The Morgan fingerprint density at radius 2 is 1.63 bits per heavy atom. The minimum Gasteiger partial charge on any atom is -0.403 e. The van der Waals surface area contributed by atoms with Gasteiger partial charge in [0.1, 0.15) is 0 Å². The van der Waals surface area contributed by atoms with Gasteiger partial charge in [-0.05, 0) is 63.3 Å². The number of ether oxygens (including phenoxy) is 2. The highest BCUT2D eigenvalue weighted by atomic mass is 127. The second-order valence-electron chi connectivity index (χ2n) is 8.73. The largest absolute Gasteiger partial charge is 0.403 e. The molecule has 0 saturated carbocycles. The summed E-state index contributed by atoms with van der Waals surface area (Å²) in [6.07, 6.45) is 5.37. The summed E-state index contributed by atoms with van der Waals surface area (Å²) < 4.78 is 19.6. The number of hydrogen-bond acceptors (Lipinski definition) is 3. The maximum Gasteiger partial charge on any atom is 0.261 e. The summed E-state index contributed by atoms with van der Waals surface area (Å²) in [4.78, 5) is 0. The molecule has 0 N–H and O–H groups in total. The van der Waals surface area contributed by atoms with Crippen LogP contribution in [0.2, 0.25) is 5.04 Å². The third kappa shape index (κ3) is 5.82. The lowest BCUT2D eigenvalue weighted by molar-refractivity contribution is -0.155.